The molecular weight excluding hydrogens is 284 g/mol. The number of thiophene rings is 1. The average molecular weight is 298 g/mol. The number of carbonyl (C=O) groups is 1. The number of hydrogen-bond donors (Lipinski definition) is 1. The molecular formula is C17H14O3S. The summed E-state index contributed by atoms with van der Waals surface area (Å²) in [5.74, 6) is -0.0609. The van der Waals surface area contributed by atoms with E-state index in [0.717, 1.165) is 32.5 Å². The van der Waals surface area contributed by atoms with Crippen LogP contribution in [0.3, 0.4) is 0 Å². The first-order chi connectivity index (χ1) is 10.1. The lowest BCUT2D eigenvalue weighted by Gasteiger charge is -2.10. The molecule has 0 saturated heterocycles. The Kier molecular flexibility index (Phi) is 3.39. The summed E-state index contributed by atoms with van der Waals surface area (Å²) in [6.45, 7) is 1.94. The van der Waals surface area contributed by atoms with Crippen LogP contribution in [0.15, 0.2) is 42.5 Å². The van der Waals surface area contributed by atoms with Gasteiger partial charge in [0.25, 0.3) is 0 Å². The molecule has 0 atom stereocenters. The number of methoxy groups -OCH3 is 1. The van der Waals surface area contributed by atoms with Crippen LogP contribution in [0.25, 0.3) is 21.2 Å². The number of rotatable bonds is 3. The van der Waals surface area contributed by atoms with Crippen LogP contribution in [0, 0.1) is 6.92 Å². The van der Waals surface area contributed by atoms with Crippen LogP contribution in [0.1, 0.15) is 15.2 Å². The minimum Gasteiger partial charge on any atom is -0.496 e. The van der Waals surface area contributed by atoms with Crippen molar-refractivity contribution in [3.05, 3.63) is 52.9 Å². The quantitative estimate of drug-likeness (QED) is 0.769. The zero-order valence-corrected chi connectivity index (χ0v) is 12.5. The second-order valence-electron chi connectivity index (χ2n) is 4.79. The fourth-order valence-electron chi connectivity index (χ4n) is 2.50. The Morgan fingerprint density at radius 1 is 1.14 bits per heavy atom. The molecule has 1 heterocycles. The van der Waals surface area contributed by atoms with E-state index in [-0.39, 0.29) is 0 Å². The number of benzene rings is 2. The van der Waals surface area contributed by atoms with E-state index in [4.69, 9.17) is 9.84 Å². The molecule has 0 aliphatic carbocycles. The summed E-state index contributed by atoms with van der Waals surface area (Å²) in [6.07, 6.45) is 0. The standard InChI is InChI=1S/C17H14O3S/c1-10-9-15(17(18)19)21-16(10)13-7-8-14(20-2)12-6-4-3-5-11(12)13/h3-9H,1-2H3,(H,18,19). The second kappa shape index (κ2) is 5.22. The number of hydrogen-bond acceptors (Lipinski definition) is 3. The summed E-state index contributed by atoms with van der Waals surface area (Å²) in [5.41, 5.74) is 2.02. The van der Waals surface area contributed by atoms with Crippen molar-refractivity contribution >= 4 is 28.1 Å². The molecule has 0 aliphatic heterocycles. The molecule has 21 heavy (non-hydrogen) atoms. The van der Waals surface area contributed by atoms with Crippen LogP contribution in [0.4, 0.5) is 0 Å². The minimum atomic E-state index is -0.882. The Labute approximate surface area is 126 Å². The lowest BCUT2D eigenvalue weighted by molar-refractivity contribution is 0.0702. The molecule has 0 aliphatic rings. The molecule has 1 aromatic heterocycles. The summed E-state index contributed by atoms with van der Waals surface area (Å²) in [5, 5.41) is 11.3. The molecule has 4 heteroatoms. The van der Waals surface area contributed by atoms with Gasteiger partial charge in [-0.25, -0.2) is 4.79 Å². The van der Waals surface area contributed by atoms with E-state index in [9.17, 15) is 4.79 Å². The highest BCUT2D eigenvalue weighted by Gasteiger charge is 2.15. The van der Waals surface area contributed by atoms with Gasteiger partial charge < -0.3 is 9.84 Å². The lowest BCUT2D eigenvalue weighted by Crippen LogP contribution is -1.89. The molecule has 3 aromatic rings. The Hall–Kier alpha value is -2.33. The summed E-state index contributed by atoms with van der Waals surface area (Å²) in [4.78, 5) is 12.5. The minimum absolute atomic E-state index is 0.363. The van der Waals surface area contributed by atoms with Gasteiger partial charge in [0, 0.05) is 15.8 Å². The van der Waals surface area contributed by atoms with E-state index in [1.165, 1.54) is 11.3 Å². The Morgan fingerprint density at radius 3 is 2.48 bits per heavy atom. The maximum absolute atomic E-state index is 11.2. The van der Waals surface area contributed by atoms with Crippen LogP contribution in [-0.2, 0) is 0 Å². The van der Waals surface area contributed by atoms with Crippen LogP contribution >= 0.6 is 11.3 Å². The number of carboxylic acid groups (broad SMARTS) is 1. The molecule has 0 spiro atoms. The SMILES string of the molecule is COc1ccc(-c2sc(C(=O)O)cc2C)c2ccccc12. The fraction of sp³-hybridized carbons (Fsp3) is 0.118. The third-order valence-corrected chi connectivity index (χ3v) is 4.74. The average Bonchev–Trinajstić information content (AvgIpc) is 2.88. The highest BCUT2D eigenvalue weighted by atomic mass is 32.1. The molecule has 3 rings (SSSR count). The molecule has 0 saturated carbocycles. The number of carboxylic acids is 1. The molecule has 0 fully saturated rings. The largest absolute Gasteiger partial charge is 0.496 e. The molecule has 1 N–H and O–H groups in total. The van der Waals surface area contributed by atoms with E-state index in [1.54, 1.807) is 13.2 Å². The highest BCUT2D eigenvalue weighted by Crippen LogP contribution is 2.39. The predicted octanol–water partition coefficient (Wildman–Crippen LogP) is 4.58. The first-order valence-corrected chi connectivity index (χ1v) is 7.33. The fourth-order valence-corrected chi connectivity index (χ4v) is 3.55. The number of aryl methyl sites for hydroxylation is 1. The van der Waals surface area contributed by atoms with Crippen molar-refractivity contribution < 1.29 is 14.6 Å². The van der Waals surface area contributed by atoms with Gasteiger partial charge in [-0.15, -0.1) is 11.3 Å². The Balaban J connectivity index is 2.28. The van der Waals surface area contributed by atoms with Gasteiger partial charge in [0.15, 0.2) is 0 Å². The number of aromatic carboxylic acids is 1. The zero-order valence-electron chi connectivity index (χ0n) is 11.7. The Bertz CT molecular complexity index is 833. The molecule has 0 amide bonds. The van der Waals surface area contributed by atoms with E-state index in [1.807, 2.05) is 43.3 Å². The van der Waals surface area contributed by atoms with E-state index >= 15 is 0 Å². The molecule has 0 bridgehead atoms. The first kappa shape index (κ1) is 13.6. The second-order valence-corrected chi connectivity index (χ2v) is 5.84. The topological polar surface area (TPSA) is 46.5 Å². The summed E-state index contributed by atoms with van der Waals surface area (Å²) < 4.78 is 5.40. The van der Waals surface area contributed by atoms with E-state index < -0.39 is 5.97 Å². The van der Waals surface area contributed by atoms with Crippen LogP contribution in [0.2, 0.25) is 0 Å². The highest BCUT2D eigenvalue weighted by molar-refractivity contribution is 7.17. The molecule has 3 nitrogen and oxygen atoms in total. The summed E-state index contributed by atoms with van der Waals surface area (Å²) >= 11 is 1.31. The van der Waals surface area contributed by atoms with Crippen molar-refractivity contribution in [1.82, 2.24) is 0 Å². The van der Waals surface area contributed by atoms with Crippen molar-refractivity contribution in [2.24, 2.45) is 0 Å². The normalized spacial score (nSPS) is 10.8. The smallest absolute Gasteiger partial charge is 0.345 e. The summed E-state index contributed by atoms with van der Waals surface area (Å²) in [7, 11) is 1.65. The zero-order chi connectivity index (χ0) is 15.0. The van der Waals surface area contributed by atoms with Crippen molar-refractivity contribution in [1.29, 1.82) is 0 Å². The van der Waals surface area contributed by atoms with Crippen LogP contribution in [-0.4, -0.2) is 18.2 Å². The third kappa shape index (κ3) is 2.28. The monoisotopic (exact) mass is 298 g/mol. The maximum atomic E-state index is 11.2. The van der Waals surface area contributed by atoms with Crippen LogP contribution in [0.5, 0.6) is 5.75 Å². The molecule has 0 unspecified atom stereocenters. The predicted molar refractivity (Wildman–Crippen MR) is 85.5 cm³/mol. The molecule has 2 aromatic carbocycles. The summed E-state index contributed by atoms with van der Waals surface area (Å²) in [6, 6.07) is 13.6. The van der Waals surface area contributed by atoms with Gasteiger partial charge in [-0.05, 0) is 36.1 Å². The molecule has 0 radical (unpaired) electrons. The number of fused-ring (bicyclic) bond motifs is 1. The maximum Gasteiger partial charge on any atom is 0.345 e. The van der Waals surface area contributed by atoms with E-state index in [0.29, 0.717) is 4.88 Å². The number of ether oxygens (including phenoxy) is 1. The van der Waals surface area contributed by atoms with Gasteiger partial charge in [-0.3, -0.25) is 0 Å². The van der Waals surface area contributed by atoms with Gasteiger partial charge in [0.1, 0.15) is 10.6 Å². The van der Waals surface area contributed by atoms with E-state index in [2.05, 4.69) is 0 Å². The van der Waals surface area contributed by atoms with Gasteiger partial charge in [0.05, 0.1) is 7.11 Å². The third-order valence-electron chi connectivity index (χ3n) is 3.48. The van der Waals surface area contributed by atoms with Crippen molar-refractivity contribution in [3.63, 3.8) is 0 Å². The molecule has 106 valence electrons. The van der Waals surface area contributed by atoms with Crippen molar-refractivity contribution in [2.45, 2.75) is 6.92 Å². The van der Waals surface area contributed by atoms with Crippen molar-refractivity contribution in [2.75, 3.05) is 7.11 Å². The van der Waals surface area contributed by atoms with Gasteiger partial charge in [-0.2, -0.15) is 0 Å². The van der Waals surface area contributed by atoms with Gasteiger partial charge in [0.2, 0.25) is 0 Å². The lowest BCUT2D eigenvalue weighted by atomic mass is 10.0. The van der Waals surface area contributed by atoms with Gasteiger partial charge >= 0.3 is 5.97 Å². The van der Waals surface area contributed by atoms with Gasteiger partial charge in [-0.1, -0.05) is 24.3 Å². The first-order valence-electron chi connectivity index (χ1n) is 6.51. The van der Waals surface area contributed by atoms with Crippen molar-refractivity contribution in [3.8, 4) is 16.2 Å². The van der Waals surface area contributed by atoms with Crippen LogP contribution < -0.4 is 4.74 Å². The Morgan fingerprint density at radius 2 is 1.86 bits per heavy atom.